The molecule has 0 rings (SSSR count). The van der Waals surface area contributed by atoms with E-state index >= 15 is 0 Å². The van der Waals surface area contributed by atoms with E-state index in [-0.39, 0.29) is 27.1 Å². The fourth-order valence-electron chi connectivity index (χ4n) is 4.16. The fourth-order valence-corrected chi connectivity index (χ4v) is 4.16. The molecular formula is C22H46. The largest absolute Gasteiger partial charge is 0.0651 e. The van der Waals surface area contributed by atoms with Gasteiger partial charge in [-0.05, 0) is 38.9 Å². The molecule has 0 aliphatic rings. The van der Waals surface area contributed by atoms with Gasteiger partial charge in [-0.3, -0.25) is 0 Å². The van der Waals surface area contributed by atoms with Gasteiger partial charge in [0.15, 0.2) is 0 Å². The quantitative estimate of drug-likeness (QED) is 0.469. The van der Waals surface area contributed by atoms with Gasteiger partial charge in [0.25, 0.3) is 0 Å². The number of hydrogen-bond acceptors (Lipinski definition) is 0. The first-order valence-electron chi connectivity index (χ1n) is 9.39. The minimum Gasteiger partial charge on any atom is -0.0651 e. The Morgan fingerprint density at radius 3 is 1.23 bits per heavy atom. The summed E-state index contributed by atoms with van der Waals surface area (Å²) in [6.45, 7) is 34.4. The molecule has 2 atom stereocenters. The van der Waals surface area contributed by atoms with Crippen LogP contribution < -0.4 is 0 Å². The lowest BCUT2D eigenvalue weighted by Crippen LogP contribution is -2.57. The second-order valence-corrected chi connectivity index (χ2v) is 11.0. The molecule has 0 radical (unpaired) electrons. The van der Waals surface area contributed by atoms with Crippen molar-refractivity contribution in [1.29, 1.82) is 0 Å². The van der Waals surface area contributed by atoms with Crippen LogP contribution in [0, 0.1) is 38.9 Å². The second-order valence-electron chi connectivity index (χ2n) is 11.0. The molecule has 0 bridgehead atoms. The van der Waals surface area contributed by atoms with Crippen molar-refractivity contribution in [2.45, 2.75) is 103 Å². The first-order chi connectivity index (χ1) is 9.39. The van der Waals surface area contributed by atoms with Crippen LogP contribution in [0.1, 0.15) is 103 Å². The van der Waals surface area contributed by atoms with Crippen molar-refractivity contribution in [3.05, 3.63) is 0 Å². The lowest BCUT2D eigenvalue weighted by atomic mass is 9.41. The van der Waals surface area contributed by atoms with Gasteiger partial charge >= 0.3 is 0 Å². The molecule has 0 nitrogen and oxygen atoms in total. The third-order valence-electron chi connectivity index (χ3n) is 9.25. The van der Waals surface area contributed by atoms with E-state index in [0.717, 1.165) is 5.92 Å². The summed E-state index contributed by atoms with van der Waals surface area (Å²) in [5.74, 6) is 1.48. The molecular weight excluding hydrogens is 264 g/mol. The van der Waals surface area contributed by atoms with Crippen LogP contribution in [-0.2, 0) is 0 Å². The van der Waals surface area contributed by atoms with Gasteiger partial charge in [-0.2, -0.15) is 0 Å². The Hall–Kier alpha value is 0. The molecule has 0 saturated carbocycles. The minimum atomic E-state index is 0.226. The van der Waals surface area contributed by atoms with Crippen molar-refractivity contribution in [1.82, 2.24) is 0 Å². The summed E-state index contributed by atoms with van der Waals surface area (Å²) >= 11 is 0. The van der Waals surface area contributed by atoms with E-state index in [4.69, 9.17) is 0 Å². The zero-order chi connectivity index (χ0) is 18.4. The van der Waals surface area contributed by atoms with E-state index in [9.17, 15) is 0 Å². The highest BCUT2D eigenvalue weighted by molar-refractivity contribution is 5.07. The molecule has 2 unspecified atom stereocenters. The summed E-state index contributed by atoms with van der Waals surface area (Å²) in [5.41, 5.74) is 1.27. The first kappa shape index (κ1) is 22.0. The Morgan fingerprint density at radius 1 is 0.591 bits per heavy atom. The molecule has 0 aromatic carbocycles. The van der Waals surface area contributed by atoms with Gasteiger partial charge < -0.3 is 0 Å². The van der Waals surface area contributed by atoms with Crippen molar-refractivity contribution < 1.29 is 0 Å². The van der Waals surface area contributed by atoms with Gasteiger partial charge in [0.05, 0.1) is 0 Å². The molecule has 22 heavy (non-hydrogen) atoms. The molecule has 0 fully saturated rings. The zero-order valence-electron chi connectivity index (χ0n) is 18.4. The van der Waals surface area contributed by atoms with Crippen molar-refractivity contribution >= 4 is 0 Å². The Balaban J connectivity index is 6.00. The molecule has 0 aliphatic heterocycles. The van der Waals surface area contributed by atoms with Crippen LogP contribution in [0.4, 0.5) is 0 Å². The molecule has 0 saturated heterocycles. The van der Waals surface area contributed by atoms with Crippen molar-refractivity contribution in [2.24, 2.45) is 38.9 Å². The van der Waals surface area contributed by atoms with Gasteiger partial charge in [-0.1, -0.05) is 103 Å². The maximum atomic E-state index is 2.51. The van der Waals surface area contributed by atoms with Crippen LogP contribution >= 0.6 is 0 Å². The standard InChI is InChI=1S/C22H46/c1-15-16(2)17(3)19(7,8)21(11,12)22(13,14)20(9,10)18(4,5)6/h16-17H,15H2,1-14H3. The average Bonchev–Trinajstić information content (AvgIpc) is 2.34. The molecule has 134 valence electrons. The first-order valence-corrected chi connectivity index (χ1v) is 9.39. The van der Waals surface area contributed by atoms with Crippen LogP contribution in [-0.4, -0.2) is 0 Å². The average molecular weight is 311 g/mol. The third-order valence-corrected chi connectivity index (χ3v) is 9.25. The second kappa shape index (κ2) is 6.14. The topological polar surface area (TPSA) is 0 Å². The summed E-state index contributed by atoms with van der Waals surface area (Å²) in [6.07, 6.45) is 1.27. The van der Waals surface area contributed by atoms with Gasteiger partial charge in [-0.25, -0.2) is 0 Å². The Kier molecular flexibility index (Phi) is 6.14. The number of hydrogen-bond donors (Lipinski definition) is 0. The molecule has 0 aromatic rings. The van der Waals surface area contributed by atoms with E-state index in [1.165, 1.54) is 6.42 Å². The van der Waals surface area contributed by atoms with Crippen LogP contribution in [0.15, 0.2) is 0 Å². The number of rotatable bonds is 6. The van der Waals surface area contributed by atoms with E-state index in [0.29, 0.717) is 5.92 Å². The van der Waals surface area contributed by atoms with E-state index in [1.54, 1.807) is 0 Å². The van der Waals surface area contributed by atoms with Gasteiger partial charge in [-0.15, -0.1) is 0 Å². The Labute approximate surface area is 142 Å². The lowest BCUT2D eigenvalue weighted by Gasteiger charge is -2.64. The maximum absolute atomic E-state index is 2.51. The smallest absolute Gasteiger partial charge is 0.0241 e. The predicted molar refractivity (Wildman–Crippen MR) is 103 cm³/mol. The van der Waals surface area contributed by atoms with Crippen molar-refractivity contribution in [3.63, 3.8) is 0 Å². The molecule has 0 amide bonds. The maximum Gasteiger partial charge on any atom is -0.0241 e. The van der Waals surface area contributed by atoms with Crippen molar-refractivity contribution in [2.75, 3.05) is 0 Å². The van der Waals surface area contributed by atoms with Crippen LogP contribution in [0.3, 0.4) is 0 Å². The highest BCUT2D eigenvalue weighted by atomic mass is 14.6. The van der Waals surface area contributed by atoms with E-state index in [2.05, 4.69) is 96.9 Å². The summed E-state index contributed by atoms with van der Waals surface area (Å²) in [4.78, 5) is 0. The molecule has 0 N–H and O–H groups in total. The van der Waals surface area contributed by atoms with E-state index in [1.807, 2.05) is 0 Å². The summed E-state index contributed by atoms with van der Waals surface area (Å²) in [7, 11) is 0. The molecule has 0 heterocycles. The van der Waals surface area contributed by atoms with Crippen LogP contribution in [0.5, 0.6) is 0 Å². The summed E-state index contributed by atoms with van der Waals surface area (Å²) in [5, 5.41) is 0. The monoisotopic (exact) mass is 310 g/mol. The van der Waals surface area contributed by atoms with Crippen LogP contribution in [0.25, 0.3) is 0 Å². The SMILES string of the molecule is CCC(C)C(C)C(C)(C)C(C)(C)C(C)(C)C(C)(C)C(C)(C)C. The molecule has 0 aromatic heterocycles. The van der Waals surface area contributed by atoms with E-state index < -0.39 is 0 Å². The normalized spacial score (nSPS) is 18.3. The lowest BCUT2D eigenvalue weighted by molar-refractivity contribution is -0.156. The fraction of sp³-hybridized carbons (Fsp3) is 1.00. The zero-order valence-corrected chi connectivity index (χ0v) is 18.4. The third kappa shape index (κ3) is 3.13. The highest BCUT2D eigenvalue weighted by Crippen LogP contribution is 2.65. The van der Waals surface area contributed by atoms with Gasteiger partial charge in [0, 0.05) is 0 Å². The summed E-state index contributed by atoms with van der Waals surface area (Å²) < 4.78 is 0. The van der Waals surface area contributed by atoms with Crippen LogP contribution in [0.2, 0.25) is 0 Å². The Bertz CT molecular complexity index is 360. The predicted octanol–water partition coefficient (Wildman–Crippen LogP) is 7.82. The molecule has 0 spiro atoms. The van der Waals surface area contributed by atoms with Crippen molar-refractivity contribution in [3.8, 4) is 0 Å². The van der Waals surface area contributed by atoms with Gasteiger partial charge in [0.2, 0.25) is 0 Å². The highest BCUT2D eigenvalue weighted by Gasteiger charge is 2.58. The van der Waals surface area contributed by atoms with Gasteiger partial charge in [0.1, 0.15) is 0 Å². The summed E-state index contributed by atoms with van der Waals surface area (Å²) in [6, 6.07) is 0. The Morgan fingerprint density at radius 2 is 0.955 bits per heavy atom. The molecule has 0 aliphatic carbocycles. The minimum absolute atomic E-state index is 0.226. The molecule has 0 heteroatoms.